The minimum atomic E-state index is -4.49. The van der Waals surface area contributed by atoms with Gasteiger partial charge in [0.1, 0.15) is 0 Å². The number of likely N-dealkylation sites (tertiary alicyclic amines) is 4. The number of β-amino-alcohol motifs (C(OH)–C–C–N with tert-alkyl or cyclic N) is 1. The minimum absolute atomic E-state index is 0.0509. The number of hydrogen-bond donors (Lipinski definition) is 7. The molecule has 1 unspecified atom stereocenters. The van der Waals surface area contributed by atoms with Crippen LogP contribution in [0.2, 0.25) is 0 Å². The SMILES string of the molecule is CC(=O)N1CCN(C)CC1.CCCN1CCN(C)CC1.CCOC(=O)CN1CCN(C)CC1.CN(C)C.CN1CCC(CCO)CC1.CN1CCC(O)C1.CN1CCC[C@H]1CO.CN1CCN(C)CC1.CN1CCN(CCC(F)(F)F)CC1.CN1CCN(CCOC(F)(F)F)CC1.CN1CCOCC1.CNC.CNCCO.COCCN1CCN(C)CC1.COC[C@@H]1CCCN1C.C[C@@H]1CN(C)C[C@H](C)N1. The number of piperazine rings is 8. The largest absolute Gasteiger partial charge is 0.522 e. The van der Waals surface area contributed by atoms with E-state index in [1.807, 2.05) is 82.9 Å². The summed E-state index contributed by atoms with van der Waals surface area (Å²) in [5.74, 6) is 0.890. The Kier molecular flexibility index (Phi) is 92.0. The number of rotatable bonds is 20. The van der Waals surface area contributed by atoms with Gasteiger partial charge in [-0.2, -0.15) is 13.2 Å². The number of aliphatic hydroxyl groups is 4. The van der Waals surface area contributed by atoms with E-state index in [4.69, 9.17) is 39.4 Å². The molecule has 13 aliphatic heterocycles. The Balaban J connectivity index is -0.00000145. The molecule has 13 saturated heterocycles. The molecule has 0 aromatic heterocycles. The second-order valence-electron chi connectivity index (χ2n) is 40.5. The lowest BCUT2D eigenvalue weighted by Crippen LogP contribution is -2.52. The monoisotopic (exact) mass is 2050 g/mol. The maximum Gasteiger partial charge on any atom is 0.522 e. The van der Waals surface area contributed by atoms with Crippen LogP contribution in [0.15, 0.2) is 0 Å². The van der Waals surface area contributed by atoms with Gasteiger partial charge in [0.2, 0.25) is 5.91 Å². The molecule has 7 N–H and O–H groups in total. The van der Waals surface area contributed by atoms with Crippen LogP contribution in [-0.4, -0.2) is 681 Å². The summed E-state index contributed by atoms with van der Waals surface area (Å²) in [5, 5.41) is 43.2. The third kappa shape index (κ3) is 89.8. The van der Waals surface area contributed by atoms with Crippen LogP contribution in [0, 0.1) is 5.92 Å². The number of aliphatic hydroxyl groups excluding tert-OH is 4. The molecule has 0 aliphatic carbocycles. The zero-order valence-electron chi connectivity index (χ0n) is 94.8. The van der Waals surface area contributed by atoms with Crippen molar-refractivity contribution in [2.75, 3.05) is 503 Å². The Morgan fingerprint density at radius 2 is 0.801 bits per heavy atom. The summed E-state index contributed by atoms with van der Waals surface area (Å²) >= 11 is 0. The Morgan fingerprint density at radius 1 is 0.440 bits per heavy atom. The van der Waals surface area contributed by atoms with Crippen molar-refractivity contribution in [2.45, 2.75) is 142 Å². The van der Waals surface area contributed by atoms with Gasteiger partial charge >= 0.3 is 18.5 Å². The van der Waals surface area contributed by atoms with Crippen LogP contribution in [-0.2, 0) is 33.3 Å². The van der Waals surface area contributed by atoms with Crippen LogP contribution in [0.4, 0.5) is 26.3 Å². The van der Waals surface area contributed by atoms with E-state index >= 15 is 0 Å². The maximum absolute atomic E-state index is 11.9. The Hall–Kier alpha value is -2.72. The van der Waals surface area contributed by atoms with Gasteiger partial charge in [-0.25, -0.2) is 0 Å². The highest BCUT2D eigenvalue weighted by Crippen LogP contribution is 2.22. The zero-order chi connectivity index (χ0) is 107. The number of ether oxygens (including phenoxy) is 5. The fraction of sp³-hybridized carbons (Fsp3) is 0.980. The van der Waals surface area contributed by atoms with Crippen molar-refractivity contribution in [2.24, 2.45) is 5.92 Å². The average Bonchev–Trinajstić information content (AvgIpc) is 0.954. The second-order valence-corrected chi connectivity index (χ2v) is 40.5. The lowest BCUT2D eigenvalue weighted by molar-refractivity contribution is -0.325. The van der Waals surface area contributed by atoms with E-state index in [0.29, 0.717) is 63.6 Å². The molecular formula is C100H220F6N24O11. The highest BCUT2D eigenvalue weighted by atomic mass is 19.4. The smallest absolute Gasteiger partial charge is 0.465 e. The van der Waals surface area contributed by atoms with Gasteiger partial charge in [0.25, 0.3) is 0 Å². The van der Waals surface area contributed by atoms with Crippen molar-refractivity contribution in [3.8, 4) is 0 Å². The number of nitrogens with zero attached hydrogens (tertiary/aromatic N) is 21. The number of esters is 1. The van der Waals surface area contributed by atoms with Gasteiger partial charge in [-0.15, -0.1) is 13.2 Å². The summed E-state index contributed by atoms with van der Waals surface area (Å²) < 4.78 is 94.2. The molecule has 13 heterocycles. The summed E-state index contributed by atoms with van der Waals surface area (Å²) in [6.45, 7) is 59.5. The van der Waals surface area contributed by atoms with Crippen LogP contribution in [0.3, 0.4) is 0 Å². The summed E-state index contributed by atoms with van der Waals surface area (Å²) in [6, 6.07) is 2.47. The van der Waals surface area contributed by atoms with Crippen LogP contribution >= 0.6 is 0 Å². The van der Waals surface area contributed by atoms with E-state index in [9.17, 15) is 35.9 Å². The third-order valence-electron chi connectivity index (χ3n) is 25.8. The molecule has 5 atom stereocenters. The molecule has 13 fully saturated rings. The highest BCUT2D eigenvalue weighted by Gasteiger charge is 2.31. The Labute approximate surface area is 857 Å². The van der Waals surface area contributed by atoms with Crippen LogP contribution < -0.4 is 16.0 Å². The summed E-state index contributed by atoms with van der Waals surface area (Å²) in [5.41, 5.74) is 0. The molecule has 13 aliphatic rings. The average molecular weight is 2050 g/mol. The number of likely N-dealkylation sites (N-methyl/N-ethyl adjacent to an activating group) is 14. The van der Waals surface area contributed by atoms with E-state index in [0.717, 1.165) is 189 Å². The predicted octanol–water partition coefficient (Wildman–Crippen LogP) is 2.57. The van der Waals surface area contributed by atoms with Crippen molar-refractivity contribution in [1.29, 1.82) is 0 Å². The Morgan fingerprint density at radius 3 is 1.08 bits per heavy atom. The second kappa shape index (κ2) is 91.1. The molecule has 0 bridgehead atoms. The van der Waals surface area contributed by atoms with Gasteiger partial charge in [-0.3, -0.25) is 29.0 Å². The number of halogens is 6. The molecule has 13 rings (SSSR count). The zero-order valence-corrected chi connectivity index (χ0v) is 94.8. The van der Waals surface area contributed by atoms with Gasteiger partial charge in [0, 0.05) is 301 Å². The molecule has 0 saturated carbocycles. The van der Waals surface area contributed by atoms with Gasteiger partial charge < -0.3 is 144 Å². The molecule has 848 valence electrons. The van der Waals surface area contributed by atoms with Gasteiger partial charge in [0.05, 0.1) is 71.9 Å². The normalized spacial score (nSPS) is 23.9. The van der Waals surface area contributed by atoms with Crippen LogP contribution in [0.25, 0.3) is 0 Å². The molecule has 35 nitrogen and oxygen atoms in total. The quantitative estimate of drug-likeness (QED) is 0.0682. The topological polar surface area (TPSA) is 265 Å². The molecule has 1 amide bonds. The molecule has 0 radical (unpaired) electrons. The number of alkyl halides is 6. The first-order chi connectivity index (χ1) is 66.7. The first-order valence-electron chi connectivity index (χ1n) is 52.8. The van der Waals surface area contributed by atoms with Crippen molar-refractivity contribution >= 4 is 11.9 Å². The van der Waals surface area contributed by atoms with Crippen molar-refractivity contribution in [3.63, 3.8) is 0 Å². The Bertz CT molecular complexity index is 2630. The minimum Gasteiger partial charge on any atom is -0.465 e. The third-order valence-corrected chi connectivity index (χ3v) is 25.8. The van der Waals surface area contributed by atoms with E-state index in [1.54, 1.807) is 28.2 Å². The molecule has 0 aromatic carbocycles. The number of carbonyl (C=O) groups is 2. The van der Waals surface area contributed by atoms with Crippen molar-refractivity contribution in [1.82, 2.24) is 119 Å². The number of amides is 1. The number of nitrogens with one attached hydrogen (secondary N) is 3. The fourth-order valence-corrected chi connectivity index (χ4v) is 16.2. The first kappa shape index (κ1) is 142. The lowest BCUT2D eigenvalue weighted by Gasteiger charge is -2.33. The number of carbonyl (C=O) groups excluding carboxylic acids is 2. The van der Waals surface area contributed by atoms with Crippen LogP contribution in [0.1, 0.15) is 98.8 Å². The van der Waals surface area contributed by atoms with E-state index in [2.05, 4.69) is 202 Å². The van der Waals surface area contributed by atoms with Crippen molar-refractivity contribution < 1.29 is 80.0 Å². The van der Waals surface area contributed by atoms with Gasteiger partial charge in [-0.1, -0.05) is 6.92 Å². The highest BCUT2D eigenvalue weighted by molar-refractivity contribution is 5.73. The number of hydrogen-bond acceptors (Lipinski definition) is 34. The van der Waals surface area contributed by atoms with Gasteiger partial charge in [0.15, 0.2) is 0 Å². The van der Waals surface area contributed by atoms with E-state index in [1.165, 1.54) is 163 Å². The molecule has 0 spiro atoms. The molecule has 141 heavy (non-hydrogen) atoms. The number of piperidine rings is 1. The molecule has 0 aromatic rings. The summed E-state index contributed by atoms with van der Waals surface area (Å²) in [4.78, 5) is 68.7. The molecular weight excluding hydrogens is 1830 g/mol. The number of morpholine rings is 1. The van der Waals surface area contributed by atoms with Gasteiger partial charge in [-0.05, 0) is 258 Å². The first-order valence-corrected chi connectivity index (χ1v) is 52.8. The summed E-state index contributed by atoms with van der Waals surface area (Å²) in [6.07, 6.45) is 1.64. The standard InChI is InChI=1S/C9H18N2O2.C8H15F3N2O.C8H15F3N2.C8H18N2O.C8H18N2.C8H17NO.C7H14N2O.C7H16N2.C7H15NO.C6H14N2.C6H13NO.2C5H11NO.C3H9NO.C3H9N.C2H7N/c1-3-13-9(12)8-11-6-4-10(2)5-7-11;1-12-2-4-13(5-3-12)6-7-14-8(9,10)11;1-12-4-6-13(7-5-12)3-2-8(9,10)11;1-9-3-5-10(6-4-9)7-8-11-2;1-3-4-10-7-5-9(2)6-8-10;1-9-5-2-8(3-6-9)4-7-10;1-7(10)9-5-3-8(2)4-6-9;1-6-4-9(3)5-7(2)8-6;1-8-5-3-4-7(8)6-9-2;1-7-3-5-8(2)6-4-7;1-7-4-2-3-6(7)5-8;1-6-2-4-7-5-3-6;1-6-3-2-5(7)4-6;1-4-2-3-5;1-4(2)3;1-3-2/h3-8H2,1-2H3;2-7H2,1H3;2-7H2,1H3;3-8H2,1-2H3;3-8H2,1-2H3;8,10H,2-7H2,1H3;3-6H2,1-2H3;6-8H,4-5H2,1-3H3;7H,3-6H2,1-2H3;3-6H2,1-2H3;6,8H,2-5H2,1H3;2-5H2,1H3;5,7H,2-4H2,1H3;4-5H,2-3H2,1H3;1-3H3;3H,1-2H3/t;;;;;;;6-,7+;7-;;6-;;;;;/m........0.0...../s1. The van der Waals surface area contributed by atoms with E-state index < -0.39 is 19.0 Å². The van der Waals surface area contributed by atoms with E-state index in [-0.39, 0.29) is 37.7 Å². The molecule has 41 heteroatoms. The summed E-state index contributed by atoms with van der Waals surface area (Å²) in [7, 11) is 44.7. The van der Waals surface area contributed by atoms with Crippen molar-refractivity contribution in [3.05, 3.63) is 0 Å². The predicted molar refractivity (Wildman–Crippen MR) is 570 cm³/mol. The van der Waals surface area contributed by atoms with Crippen LogP contribution in [0.5, 0.6) is 0 Å². The maximum atomic E-state index is 11.9. The lowest BCUT2D eigenvalue weighted by atomic mass is 9.94. The fourth-order valence-electron chi connectivity index (χ4n) is 16.2. The number of methoxy groups -OCH3 is 2.